The third kappa shape index (κ3) is 3.73. The zero-order valence-electron chi connectivity index (χ0n) is 17.5. The molecule has 0 saturated heterocycles. The van der Waals surface area contributed by atoms with E-state index in [1.54, 1.807) is 0 Å². The summed E-state index contributed by atoms with van der Waals surface area (Å²) in [5.41, 5.74) is 6.18. The van der Waals surface area contributed by atoms with Crippen molar-refractivity contribution in [3.05, 3.63) is 77.6 Å². The molecule has 0 saturated carbocycles. The highest BCUT2D eigenvalue weighted by Crippen LogP contribution is 2.32. The van der Waals surface area contributed by atoms with E-state index in [1.807, 2.05) is 54.7 Å². The zero-order valence-corrected chi connectivity index (χ0v) is 17.5. The van der Waals surface area contributed by atoms with Gasteiger partial charge < -0.3 is 0 Å². The number of rotatable bonds is 5. The average Bonchev–Trinajstić information content (AvgIpc) is 3.51. The largest absolute Gasteiger partial charge is 0.246 e. The van der Waals surface area contributed by atoms with Crippen LogP contribution in [0.3, 0.4) is 0 Å². The Morgan fingerprint density at radius 2 is 1.81 bits per heavy atom. The van der Waals surface area contributed by atoms with E-state index in [9.17, 15) is 0 Å². The summed E-state index contributed by atoms with van der Waals surface area (Å²) in [6.07, 6.45) is 3.84. The quantitative estimate of drug-likeness (QED) is 0.476. The van der Waals surface area contributed by atoms with Crippen molar-refractivity contribution in [2.24, 2.45) is 0 Å². The molecular formula is C22H21N9. The van der Waals surface area contributed by atoms with Gasteiger partial charge in [0.25, 0.3) is 0 Å². The lowest BCUT2D eigenvalue weighted by Gasteiger charge is -2.11. The number of nitrogens with one attached hydrogen (secondary N) is 1. The van der Waals surface area contributed by atoms with Gasteiger partial charge in [0, 0.05) is 11.8 Å². The van der Waals surface area contributed by atoms with Gasteiger partial charge >= 0.3 is 0 Å². The predicted octanol–water partition coefficient (Wildman–Crippen LogP) is 3.28. The first-order chi connectivity index (χ1) is 15.1. The molecule has 5 aromatic rings. The van der Waals surface area contributed by atoms with Gasteiger partial charge in [-0.3, -0.25) is 0 Å². The van der Waals surface area contributed by atoms with Crippen LogP contribution in [0.25, 0.3) is 28.2 Å². The Morgan fingerprint density at radius 3 is 2.45 bits per heavy atom. The molecule has 0 aliphatic rings. The lowest BCUT2D eigenvalue weighted by Crippen LogP contribution is -2.04. The monoisotopic (exact) mass is 411 g/mol. The number of aryl methyl sites for hydroxylation is 3. The van der Waals surface area contributed by atoms with E-state index in [1.165, 1.54) is 0 Å². The molecule has 3 aromatic heterocycles. The van der Waals surface area contributed by atoms with Crippen LogP contribution in [0.1, 0.15) is 22.8 Å². The maximum atomic E-state index is 4.45. The smallest absolute Gasteiger partial charge is 0.205 e. The normalized spacial score (nSPS) is 11.2. The summed E-state index contributed by atoms with van der Waals surface area (Å²) in [6.45, 7) is 6.57. The van der Waals surface area contributed by atoms with Gasteiger partial charge in [-0.15, -0.1) is 10.2 Å². The summed E-state index contributed by atoms with van der Waals surface area (Å²) in [7, 11) is 0. The lowest BCUT2D eigenvalue weighted by atomic mass is 9.97. The Balaban J connectivity index is 1.53. The fraction of sp³-hybridized carbons (Fsp3) is 0.182. The number of hydrogen-bond acceptors (Lipinski definition) is 6. The molecule has 0 radical (unpaired) electrons. The molecule has 9 heteroatoms. The van der Waals surface area contributed by atoms with Crippen LogP contribution in [0.4, 0.5) is 0 Å². The number of hydrogen-bond donors (Lipinski definition) is 1. The molecule has 5 rings (SSSR count). The predicted molar refractivity (Wildman–Crippen MR) is 116 cm³/mol. The van der Waals surface area contributed by atoms with Crippen LogP contribution in [0.2, 0.25) is 0 Å². The third-order valence-electron chi connectivity index (χ3n) is 5.13. The first-order valence-electron chi connectivity index (χ1n) is 9.94. The van der Waals surface area contributed by atoms with Crippen LogP contribution < -0.4 is 0 Å². The van der Waals surface area contributed by atoms with Crippen LogP contribution in [-0.4, -0.2) is 45.2 Å². The average molecular weight is 411 g/mol. The van der Waals surface area contributed by atoms with Gasteiger partial charge in [-0.25, -0.2) is 14.3 Å². The van der Waals surface area contributed by atoms with E-state index in [4.69, 9.17) is 0 Å². The van der Waals surface area contributed by atoms with Gasteiger partial charge in [-0.1, -0.05) is 24.3 Å². The molecule has 0 aliphatic carbocycles. The highest BCUT2D eigenvalue weighted by atomic mass is 15.5. The maximum absolute atomic E-state index is 4.45. The molecule has 0 fully saturated rings. The molecule has 3 heterocycles. The maximum Gasteiger partial charge on any atom is 0.205 e. The second kappa shape index (κ2) is 7.60. The van der Waals surface area contributed by atoms with Gasteiger partial charge in [0.05, 0.1) is 18.4 Å². The van der Waals surface area contributed by atoms with Gasteiger partial charge in [0.15, 0.2) is 0 Å². The Kier molecular flexibility index (Phi) is 4.62. The Morgan fingerprint density at radius 1 is 0.968 bits per heavy atom. The SMILES string of the molecule is Cc1cnn(-c2ccc(-c3nn[nH]n3)c(-c3ccc(Cn4nc(C)nc4C)cc3)c2)c1. The first-order valence-corrected chi connectivity index (χ1v) is 9.94. The molecule has 0 unspecified atom stereocenters. The molecule has 9 nitrogen and oxygen atoms in total. The highest BCUT2D eigenvalue weighted by Gasteiger charge is 2.14. The first kappa shape index (κ1) is 18.9. The van der Waals surface area contributed by atoms with Crippen molar-refractivity contribution in [3.8, 4) is 28.2 Å². The summed E-state index contributed by atoms with van der Waals surface area (Å²) in [5, 5.41) is 23.5. The molecule has 0 atom stereocenters. The minimum atomic E-state index is 0.552. The Labute approximate surface area is 178 Å². The molecule has 2 aromatic carbocycles. The van der Waals surface area contributed by atoms with E-state index in [0.717, 1.165) is 45.2 Å². The van der Waals surface area contributed by atoms with Crippen LogP contribution in [-0.2, 0) is 6.54 Å². The van der Waals surface area contributed by atoms with Crippen LogP contribution in [0.15, 0.2) is 54.9 Å². The number of tetrazole rings is 1. The molecule has 0 amide bonds. The Bertz CT molecular complexity index is 1330. The molecular weight excluding hydrogens is 390 g/mol. The molecule has 31 heavy (non-hydrogen) atoms. The summed E-state index contributed by atoms with van der Waals surface area (Å²) in [4.78, 5) is 4.37. The van der Waals surface area contributed by atoms with E-state index in [0.29, 0.717) is 12.4 Å². The highest BCUT2D eigenvalue weighted by molar-refractivity contribution is 5.82. The van der Waals surface area contributed by atoms with Crippen molar-refractivity contribution in [1.29, 1.82) is 0 Å². The number of H-pyrrole nitrogens is 1. The van der Waals surface area contributed by atoms with Crippen LogP contribution >= 0.6 is 0 Å². The van der Waals surface area contributed by atoms with E-state index in [-0.39, 0.29) is 0 Å². The van der Waals surface area contributed by atoms with Gasteiger partial charge in [0.1, 0.15) is 11.6 Å². The van der Waals surface area contributed by atoms with E-state index in [2.05, 4.69) is 66.1 Å². The van der Waals surface area contributed by atoms with Gasteiger partial charge in [-0.2, -0.15) is 15.4 Å². The summed E-state index contributed by atoms with van der Waals surface area (Å²) >= 11 is 0. The van der Waals surface area contributed by atoms with Crippen molar-refractivity contribution >= 4 is 0 Å². The van der Waals surface area contributed by atoms with Crippen molar-refractivity contribution in [1.82, 2.24) is 45.2 Å². The second-order valence-electron chi connectivity index (χ2n) is 7.49. The van der Waals surface area contributed by atoms with Gasteiger partial charge in [0.2, 0.25) is 5.82 Å². The third-order valence-corrected chi connectivity index (χ3v) is 5.13. The van der Waals surface area contributed by atoms with Crippen molar-refractivity contribution < 1.29 is 0 Å². The van der Waals surface area contributed by atoms with Crippen LogP contribution in [0, 0.1) is 20.8 Å². The number of aromatic nitrogens is 9. The minimum absolute atomic E-state index is 0.552. The minimum Gasteiger partial charge on any atom is -0.246 e. The van der Waals surface area contributed by atoms with Crippen molar-refractivity contribution in [2.75, 3.05) is 0 Å². The number of nitrogens with zero attached hydrogens (tertiary/aromatic N) is 8. The van der Waals surface area contributed by atoms with Crippen molar-refractivity contribution in [2.45, 2.75) is 27.3 Å². The van der Waals surface area contributed by atoms with E-state index >= 15 is 0 Å². The lowest BCUT2D eigenvalue weighted by molar-refractivity contribution is 0.656. The van der Waals surface area contributed by atoms with Crippen molar-refractivity contribution in [3.63, 3.8) is 0 Å². The molecule has 0 spiro atoms. The second-order valence-corrected chi connectivity index (χ2v) is 7.49. The zero-order chi connectivity index (χ0) is 21.4. The number of benzene rings is 2. The topological polar surface area (TPSA) is 103 Å². The fourth-order valence-corrected chi connectivity index (χ4v) is 3.61. The molecule has 0 aliphatic heterocycles. The molecule has 0 bridgehead atoms. The summed E-state index contributed by atoms with van der Waals surface area (Å²) in [6, 6.07) is 14.5. The fourth-order valence-electron chi connectivity index (χ4n) is 3.61. The van der Waals surface area contributed by atoms with Crippen LogP contribution in [0.5, 0.6) is 0 Å². The summed E-state index contributed by atoms with van der Waals surface area (Å²) < 4.78 is 3.78. The molecule has 1 N–H and O–H groups in total. The standard InChI is InChI=1S/C22H21N9/c1-14-11-23-31(12-14)19-8-9-20(22-25-28-29-26-22)21(10-19)18-6-4-17(5-7-18)13-30-16(3)24-15(2)27-30/h4-12H,13H2,1-3H3,(H,25,26,28,29). The summed E-state index contributed by atoms with van der Waals surface area (Å²) in [5.74, 6) is 2.24. The van der Waals surface area contributed by atoms with E-state index < -0.39 is 0 Å². The van der Waals surface area contributed by atoms with Gasteiger partial charge in [-0.05, 0) is 66.4 Å². The number of aromatic amines is 1. The molecule has 154 valence electrons. The Hall–Kier alpha value is -4.14.